The fourth-order valence-electron chi connectivity index (χ4n) is 1.94. The summed E-state index contributed by atoms with van der Waals surface area (Å²) in [5.41, 5.74) is 0.325. The molecule has 1 N–H and O–H groups in total. The topological polar surface area (TPSA) is 101 Å². The highest BCUT2D eigenvalue weighted by Crippen LogP contribution is 2.23. The van der Waals surface area contributed by atoms with Crippen molar-refractivity contribution in [1.29, 1.82) is 0 Å². The van der Waals surface area contributed by atoms with Crippen molar-refractivity contribution in [2.24, 2.45) is 0 Å². The first kappa shape index (κ1) is 17.9. The van der Waals surface area contributed by atoms with E-state index in [9.17, 15) is 19.7 Å². The molecule has 0 spiro atoms. The van der Waals surface area contributed by atoms with Crippen molar-refractivity contribution in [1.82, 2.24) is 4.90 Å². The van der Waals surface area contributed by atoms with Crippen molar-refractivity contribution >= 4 is 29.2 Å². The molecule has 1 amide bonds. The maximum atomic E-state index is 12.3. The Morgan fingerprint density at radius 2 is 2.05 bits per heavy atom. The minimum Gasteiger partial charge on any atom is -0.481 e. The van der Waals surface area contributed by atoms with Crippen LogP contribution in [0.15, 0.2) is 18.2 Å². The molecule has 0 heterocycles. The first-order valence-corrected chi connectivity index (χ1v) is 7.04. The van der Waals surface area contributed by atoms with E-state index in [0.717, 1.165) is 0 Å². The van der Waals surface area contributed by atoms with Gasteiger partial charge < -0.3 is 10.0 Å². The SMILES string of the molecule is CC(C)N(CCC(=O)O)C(=O)Cc1ccc([N+](=O)[O-])cc1Cl. The number of nitro groups is 1. The Labute approximate surface area is 132 Å². The molecule has 120 valence electrons. The third-order valence-corrected chi connectivity index (χ3v) is 3.45. The van der Waals surface area contributed by atoms with Gasteiger partial charge in [-0.05, 0) is 19.4 Å². The highest BCUT2D eigenvalue weighted by Gasteiger charge is 2.20. The Morgan fingerprint density at radius 3 is 2.50 bits per heavy atom. The van der Waals surface area contributed by atoms with E-state index in [4.69, 9.17) is 16.7 Å². The lowest BCUT2D eigenvalue weighted by molar-refractivity contribution is -0.384. The van der Waals surface area contributed by atoms with Gasteiger partial charge in [-0.15, -0.1) is 0 Å². The van der Waals surface area contributed by atoms with Crippen LogP contribution in [0, 0.1) is 10.1 Å². The van der Waals surface area contributed by atoms with Gasteiger partial charge in [0.15, 0.2) is 0 Å². The molecule has 8 heteroatoms. The summed E-state index contributed by atoms with van der Waals surface area (Å²) in [4.78, 5) is 34.5. The molecule has 0 aromatic heterocycles. The third-order valence-electron chi connectivity index (χ3n) is 3.10. The number of hydrogen-bond donors (Lipinski definition) is 1. The van der Waals surface area contributed by atoms with Crippen LogP contribution in [0.25, 0.3) is 0 Å². The normalized spacial score (nSPS) is 10.5. The van der Waals surface area contributed by atoms with E-state index in [1.54, 1.807) is 13.8 Å². The molecule has 0 aliphatic carbocycles. The highest BCUT2D eigenvalue weighted by molar-refractivity contribution is 6.31. The van der Waals surface area contributed by atoms with Crippen LogP contribution in [0.1, 0.15) is 25.8 Å². The largest absolute Gasteiger partial charge is 0.481 e. The Bertz CT molecular complexity index is 589. The number of nitro benzene ring substituents is 1. The average molecular weight is 329 g/mol. The van der Waals surface area contributed by atoms with Crippen LogP contribution >= 0.6 is 11.6 Å². The number of carbonyl (C=O) groups excluding carboxylic acids is 1. The average Bonchev–Trinajstić information content (AvgIpc) is 2.40. The molecule has 1 aromatic carbocycles. The summed E-state index contributed by atoms with van der Waals surface area (Å²) in [7, 11) is 0. The molecule has 0 aliphatic heterocycles. The number of carbonyl (C=O) groups is 2. The number of halogens is 1. The summed E-state index contributed by atoms with van der Waals surface area (Å²) in [6, 6.07) is 3.77. The highest BCUT2D eigenvalue weighted by atomic mass is 35.5. The zero-order valence-electron chi connectivity index (χ0n) is 12.3. The van der Waals surface area contributed by atoms with Crippen LogP contribution in [0.3, 0.4) is 0 Å². The number of benzene rings is 1. The number of non-ortho nitro benzene ring substituents is 1. The van der Waals surface area contributed by atoms with E-state index in [0.29, 0.717) is 5.56 Å². The second-order valence-electron chi connectivity index (χ2n) is 5.03. The second-order valence-corrected chi connectivity index (χ2v) is 5.44. The van der Waals surface area contributed by atoms with E-state index in [1.807, 2.05) is 0 Å². The first-order valence-electron chi connectivity index (χ1n) is 6.66. The van der Waals surface area contributed by atoms with Gasteiger partial charge in [-0.25, -0.2) is 0 Å². The predicted octanol–water partition coefficient (Wildman–Crippen LogP) is 2.50. The van der Waals surface area contributed by atoms with Gasteiger partial charge in [0.2, 0.25) is 5.91 Å². The maximum absolute atomic E-state index is 12.3. The molecule has 0 aliphatic rings. The molecule has 0 bridgehead atoms. The number of rotatable bonds is 7. The molecule has 0 atom stereocenters. The van der Waals surface area contributed by atoms with E-state index in [1.165, 1.54) is 23.1 Å². The van der Waals surface area contributed by atoms with E-state index < -0.39 is 10.9 Å². The molecule has 0 saturated carbocycles. The minimum absolute atomic E-state index is 0.0331. The van der Waals surface area contributed by atoms with Gasteiger partial charge in [0.25, 0.3) is 5.69 Å². The Kier molecular flexibility index (Phi) is 6.30. The van der Waals surface area contributed by atoms with Gasteiger partial charge in [-0.2, -0.15) is 0 Å². The third kappa shape index (κ3) is 5.00. The summed E-state index contributed by atoms with van der Waals surface area (Å²) < 4.78 is 0. The van der Waals surface area contributed by atoms with E-state index in [-0.39, 0.29) is 42.0 Å². The maximum Gasteiger partial charge on any atom is 0.305 e. The number of nitrogens with zero attached hydrogens (tertiary/aromatic N) is 2. The predicted molar refractivity (Wildman–Crippen MR) is 80.9 cm³/mol. The molecule has 0 fully saturated rings. The smallest absolute Gasteiger partial charge is 0.305 e. The van der Waals surface area contributed by atoms with Crippen LogP contribution < -0.4 is 0 Å². The van der Waals surface area contributed by atoms with Crippen LogP contribution in [-0.2, 0) is 16.0 Å². The lowest BCUT2D eigenvalue weighted by atomic mass is 10.1. The van der Waals surface area contributed by atoms with E-state index >= 15 is 0 Å². The summed E-state index contributed by atoms with van der Waals surface area (Å²) in [6.45, 7) is 3.69. The number of carboxylic acids is 1. The first-order chi connectivity index (χ1) is 10.2. The summed E-state index contributed by atoms with van der Waals surface area (Å²) in [6.07, 6.45) is -0.174. The van der Waals surface area contributed by atoms with Crippen LogP contribution in [0.2, 0.25) is 5.02 Å². The molecular formula is C14H17ClN2O5. The lowest BCUT2D eigenvalue weighted by Gasteiger charge is -2.26. The fraction of sp³-hybridized carbons (Fsp3) is 0.429. The molecule has 1 rings (SSSR count). The van der Waals surface area contributed by atoms with Crippen LogP contribution in [0.4, 0.5) is 5.69 Å². The van der Waals surface area contributed by atoms with Crippen molar-refractivity contribution in [2.45, 2.75) is 32.7 Å². The van der Waals surface area contributed by atoms with Crippen LogP contribution in [-0.4, -0.2) is 39.4 Å². The number of hydrogen-bond acceptors (Lipinski definition) is 4. The second kappa shape index (κ2) is 7.74. The van der Waals surface area contributed by atoms with Crippen LogP contribution in [0.5, 0.6) is 0 Å². The number of amides is 1. The van der Waals surface area contributed by atoms with Gasteiger partial charge in [0.1, 0.15) is 0 Å². The molecule has 0 radical (unpaired) electrons. The van der Waals surface area contributed by atoms with Gasteiger partial charge in [0.05, 0.1) is 22.8 Å². The van der Waals surface area contributed by atoms with Gasteiger partial charge in [0, 0.05) is 24.7 Å². The number of aliphatic carboxylic acids is 1. The van der Waals surface area contributed by atoms with Crippen molar-refractivity contribution in [2.75, 3.05) is 6.54 Å². The molecule has 0 unspecified atom stereocenters. The van der Waals surface area contributed by atoms with Crippen molar-refractivity contribution < 1.29 is 19.6 Å². The molecular weight excluding hydrogens is 312 g/mol. The van der Waals surface area contributed by atoms with Gasteiger partial charge >= 0.3 is 5.97 Å². The Morgan fingerprint density at radius 1 is 1.41 bits per heavy atom. The summed E-state index contributed by atoms with van der Waals surface area (Å²) >= 11 is 5.96. The van der Waals surface area contributed by atoms with Gasteiger partial charge in [-0.1, -0.05) is 17.7 Å². The van der Waals surface area contributed by atoms with Crippen molar-refractivity contribution in [3.8, 4) is 0 Å². The zero-order valence-corrected chi connectivity index (χ0v) is 13.0. The standard InChI is InChI=1S/C14H17ClN2O5/c1-9(2)16(6-5-14(19)20)13(18)7-10-3-4-11(17(21)22)8-12(10)15/h3-4,8-9H,5-7H2,1-2H3,(H,19,20). The molecule has 22 heavy (non-hydrogen) atoms. The van der Waals surface area contributed by atoms with Crippen molar-refractivity contribution in [3.63, 3.8) is 0 Å². The zero-order chi connectivity index (χ0) is 16.9. The minimum atomic E-state index is -0.980. The quantitative estimate of drug-likeness (QED) is 0.612. The number of carboxylic acid groups (broad SMARTS) is 1. The van der Waals surface area contributed by atoms with E-state index in [2.05, 4.69) is 0 Å². The summed E-state index contributed by atoms with van der Waals surface area (Å²) in [5, 5.41) is 19.5. The van der Waals surface area contributed by atoms with Gasteiger partial charge in [-0.3, -0.25) is 19.7 Å². The molecule has 7 nitrogen and oxygen atoms in total. The van der Waals surface area contributed by atoms with Crippen molar-refractivity contribution in [3.05, 3.63) is 38.9 Å². The Hall–Kier alpha value is -2.15. The lowest BCUT2D eigenvalue weighted by Crippen LogP contribution is -2.39. The summed E-state index contributed by atoms with van der Waals surface area (Å²) in [5.74, 6) is -1.25. The molecule has 1 aromatic rings. The monoisotopic (exact) mass is 328 g/mol. The molecule has 0 saturated heterocycles. The fourth-order valence-corrected chi connectivity index (χ4v) is 2.19. The Balaban J connectivity index is 2.85.